The highest BCUT2D eigenvalue weighted by Crippen LogP contribution is 2.34. The molecule has 0 aromatic heterocycles. The van der Waals surface area contributed by atoms with Crippen LogP contribution in [-0.2, 0) is 4.74 Å². The summed E-state index contributed by atoms with van der Waals surface area (Å²) in [4.78, 5) is 14.2. The lowest BCUT2D eigenvalue weighted by Gasteiger charge is -2.24. The van der Waals surface area contributed by atoms with E-state index in [9.17, 15) is 4.79 Å². The second-order valence-corrected chi connectivity index (χ2v) is 6.60. The van der Waals surface area contributed by atoms with Crippen molar-refractivity contribution in [2.75, 3.05) is 24.3 Å². The first-order valence-corrected chi connectivity index (χ1v) is 9.44. The van der Waals surface area contributed by atoms with Crippen LogP contribution in [0.25, 0.3) is 11.1 Å². The molecule has 0 fully saturated rings. The number of carbonyl (C=O) groups is 1. The third-order valence-corrected chi connectivity index (χ3v) is 4.77. The zero-order valence-corrected chi connectivity index (χ0v) is 16.9. The number of anilines is 3. The number of amidine groups is 1. The van der Waals surface area contributed by atoms with Crippen LogP contribution in [0.5, 0.6) is 0 Å². The number of esters is 1. The van der Waals surface area contributed by atoms with Gasteiger partial charge in [-0.25, -0.2) is 4.79 Å². The number of oxime groups is 1. The molecule has 30 heavy (non-hydrogen) atoms. The fourth-order valence-electron chi connectivity index (χ4n) is 3.32. The number of hydrogen-bond acceptors (Lipinski definition) is 6. The molecule has 0 atom stereocenters. The van der Waals surface area contributed by atoms with E-state index >= 15 is 0 Å². The lowest BCUT2D eigenvalue weighted by Crippen LogP contribution is -2.17. The first kappa shape index (κ1) is 20.7. The molecule has 0 radical (unpaired) electrons. The molecule has 3 rings (SSSR count). The summed E-state index contributed by atoms with van der Waals surface area (Å²) in [6.45, 7) is 2.05. The maximum atomic E-state index is 12.4. The lowest BCUT2D eigenvalue weighted by molar-refractivity contribution is 0.0527. The molecule has 0 bridgehead atoms. The first-order valence-electron chi connectivity index (χ1n) is 9.44. The van der Waals surface area contributed by atoms with Gasteiger partial charge in [0.1, 0.15) is 0 Å². The van der Waals surface area contributed by atoms with Crippen LogP contribution in [0.15, 0.2) is 71.9 Å². The number of para-hydroxylation sites is 1. The van der Waals surface area contributed by atoms with Crippen molar-refractivity contribution in [3.8, 4) is 11.1 Å². The van der Waals surface area contributed by atoms with E-state index < -0.39 is 5.97 Å². The van der Waals surface area contributed by atoms with E-state index in [1.807, 2.05) is 54.4 Å². The number of carbonyl (C=O) groups excluding carboxylic acids is 1. The Morgan fingerprint density at radius 3 is 2.37 bits per heavy atom. The van der Waals surface area contributed by atoms with Crippen molar-refractivity contribution in [2.45, 2.75) is 6.92 Å². The average molecular weight is 404 g/mol. The van der Waals surface area contributed by atoms with Crippen molar-refractivity contribution in [1.29, 1.82) is 0 Å². The van der Waals surface area contributed by atoms with E-state index in [0.29, 0.717) is 22.5 Å². The Bertz CT molecular complexity index is 1080. The van der Waals surface area contributed by atoms with Gasteiger partial charge < -0.3 is 26.3 Å². The Balaban J connectivity index is 1.98. The second kappa shape index (κ2) is 9.00. The van der Waals surface area contributed by atoms with Gasteiger partial charge in [0, 0.05) is 18.3 Å². The molecule has 0 aliphatic heterocycles. The molecule has 0 aliphatic carbocycles. The molecule has 5 N–H and O–H groups in total. The highest BCUT2D eigenvalue weighted by Gasteiger charge is 2.19. The van der Waals surface area contributed by atoms with Gasteiger partial charge in [-0.3, -0.25) is 0 Å². The zero-order valence-electron chi connectivity index (χ0n) is 16.9. The fourth-order valence-corrected chi connectivity index (χ4v) is 3.32. The van der Waals surface area contributed by atoms with Crippen LogP contribution in [0.3, 0.4) is 0 Å². The molecule has 3 aromatic carbocycles. The topological polar surface area (TPSA) is 114 Å². The summed E-state index contributed by atoms with van der Waals surface area (Å²) in [5, 5.41) is 12.2. The maximum absolute atomic E-state index is 12.4. The summed E-state index contributed by atoms with van der Waals surface area (Å²) in [5.41, 5.74) is 16.7. The quantitative estimate of drug-likeness (QED) is 0.143. The highest BCUT2D eigenvalue weighted by atomic mass is 16.5. The van der Waals surface area contributed by atoms with Gasteiger partial charge in [0.05, 0.1) is 23.5 Å². The molecule has 7 heteroatoms. The summed E-state index contributed by atoms with van der Waals surface area (Å²) in [5.74, 6) is -0.376. The van der Waals surface area contributed by atoms with Crippen molar-refractivity contribution in [2.24, 2.45) is 10.9 Å². The van der Waals surface area contributed by atoms with E-state index in [1.165, 1.54) is 0 Å². The van der Waals surface area contributed by atoms with E-state index in [4.69, 9.17) is 21.4 Å². The first-order chi connectivity index (χ1) is 14.5. The Hall–Kier alpha value is -4.00. The van der Waals surface area contributed by atoms with Crippen LogP contribution < -0.4 is 16.4 Å². The molecule has 0 amide bonds. The standard InChI is InChI=1S/C23H24N4O3/c1-3-30-23(28)19-9-6-10-20(24)21(19)27(2)16-13-11-15(12-14-16)17-7-4-5-8-18(17)22(25)26-29/h4-14,29H,3,24H2,1-2H3,(H2,25,26). The summed E-state index contributed by atoms with van der Waals surface area (Å²) < 4.78 is 5.17. The minimum absolute atomic E-state index is 0.0444. The minimum Gasteiger partial charge on any atom is -0.462 e. The largest absolute Gasteiger partial charge is 0.462 e. The monoisotopic (exact) mass is 404 g/mol. The molecule has 0 saturated carbocycles. The third kappa shape index (κ3) is 4.05. The van der Waals surface area contributed by atoms with Gasteiger partial charge in [0.15, 0.2) is 5.84 Å². The molecule has 0 saturated heterocycles. The number of rotatable bonds is 6. The second-order valence-electron chi connectivity index (χ2n) is 6.60. The number of hydrogen-bond donors (Lipinski definition) is 3. The molecule has 0 spiro atoms. The van der Waals surface area contributed by atoms with Gasteiger partial charge in [-0.15, -0.1) is 0 Å². The molecule has 154 valence electrons. The normalized spacial score (nSPS) is 11.2. The number of nitrogens with two attached hydrogens (primary N) is 2. The van der Waals surface area contributed by atoms with Crippen molar-refractivity contribution < 1.29 is 14.7 Å². The van der Waals surface area contributed by atoms with Crippen LogP contribution in [0, 0.1) is 0 Å². The molecule has 7 nitrogen and oxygen atoms in total. The van der Waals surface area contributed by atoms with Crippen molar-refractivity contribution in [3.63, 3.8) is 0 Å². The van der Waals surface area contributed by atoms with Crippen LogP contribution in [0.1, 0.15) is 22.8 Å². The fraction of sp³-hybridized carbons (Fsp3) is 0.130. The van der Waals surface area contributed by atoms with Gasteiger partial charge in [-0.2, -0.15) is 0 Å². The Kier molecular flexibility index (Phi) is 6.22. The van der Waals surface area contributed by atoms with E-state index in [0.717, 1.165) is 16.8 Å². The Labute approximate surface area is 175 Å². The molecule has 0 heterocycles. The zero-order chi connectivity index (χ0) is 21.7. The summed E-state index contributed by atoms with van der Waals surface area (Å²) in [6.07, 6.45) is 0. The van der Waals surface area contributed by atoms with Crippen LogP contribution in [-0.4, -0.2) is 30.7 Å². The predicted molar refractivity (Wildman–Crippen MR) is 119 cm³/mol. The maximum Gasteiger partial charge on any atom is 0.340 e. The van der Waals surface area contributed by atoms with E-state index in [2.05, 4.69) is 5.16 Å². The van der Waals surface area contributed by atoms with Crippen molar-refractivity contribution in [1.82, 2.24) is 0 Å². The molecule has 0 unspecified atom stereocenters. The predicted octanol–water partition coefficient (Wildman–Crippen LogP) is 3.97. The number of nitrogen functional groups attached to an aromatic ring is 1. The van der Waals surface area contributed by atoms with Gasteiger partial charge in [-0.1, -0.05) is 47.6 Å². The van der Waals surface area contributed by atoms with Gasteiger partial charge >= 0.3 is 5.97 Å². The van der Waals surface area contributed by atoms with E-state index in [-0.39, 0.29) is 12.4 Å². The van der Waals surface area contributed by atoms with Gasteiger partial charge in [-0.05, 0) is 42.3 Å². The lowest BCUT2D eigenvalue weighted by atomic mass is 9.98. The number of nitrogens with zero attached hydrogens (tertiary/aromatic N) is 2. The molecular formula is C23H24N4O3. The van der Waals surface area contributed by atoms with Crippen molar-refractivity contribution in [3.05, 3.63) is 77.9 Å². The van der Waals surface area contributed by atoms with Crippen LogP contribution >= 0.6 is 0 Å². The summed E-state index contributed by atoms with van der Waals surface area (Å²) in [6, 6.07) is 20.3. The average Bonchev–Trinajstić information content (AvgIpc) is 2.78. The van der Waals surface area contributed by atoms with Gasteiger partial charge in [0.25, 0.3) is 0 Å². The van der Waals surface area contributed by atoms with Crippen LogP contribution in [0.4, 0.5) is 17.1 Å². The van der Waals surface area contributed by atoms with Crippen LogP contribution in [0.2, 0.25) is 0 Å². The number of benzene rings is 3. The van der Waals surface area contributed by atoms with E-state index in [1.54, 1.807) is 31.2 Å². The smallest absolute Gasteiger partial charge is 0.340 e. The Morgan fingerprint density at radius 1 is 1.03 bits per heavy atom. The molecule has 3 aromatic rings. The molecular weight excluding hydrogens is 380 g/mol. The van der Waals surface area contributed by atoms with Gasteiger partial charge in [0.2, 0.25) is 0 Å². The Morgan fingerprint density at radius 2 is 1.70 bits per heavy atom. The number of ether oxygens (including phenoxy) is 1. The highest BCUT2D eigenvalue weighted by molar-refractivity contribution is 6.03. The summed E-state index contributed by atoms with van der Waals surface area (Å²) in [7, 11) is 1.84. The third-order valence-electron chi connectivity index (χ3n) is 4.77. The SMILES string of the molecule is CCOC(=O)c1cccc(N)c1N(C)c1ccc(-c2ccccc2/C(N)=N/O)cc1. The summed E-state index contributed by atoms with van der Waals surface area (Å²) >= 11 is 0. The van der Waals surface area contributed by atoms with Crippen molar-refractivity contribution >= 4 is 28.9 Å². The minimum atomic E-state index is -0.420. The molecule has 0 aliphatic rings.